The molecule has 0 fully saturated rings. The second-order valence-electron chi connectivity index (χ2n) is 2.38. The van der Waals surface area contributed by atoms with Gasteiger partial charge in [-0.1, -0.05) is 11.6 Å². The highest BCUT2D eigenvalue weighted by Crippen LogP contribution is 2.29. The second kappa shape index (κ2) is 3.50. The first-order chi connectivity index (χ1) is 5.04. The van der Waals surface area contributed by atoms with Crippen molar-refractivity contribution in [2.75, 3.05) is 0 Å². The van der Waals surface area contributed by atoms with Crippen molar-refractivity contribution < 1.29 is 10.2 Å². The van der Waals surface area contributed by atoms with E-state index in [1.807, 2.05) is 0 Å². The van der Waals surface area contributed by atoms with Crippen LogP contribution in [-0.2, 0) is 0 Å². The third-order valence-corrected chi connectivity index (χ3v) is 3.06. The Morgan fingerprint density at radius 2 is 1.73 bits per heavy atom. The number of halogens is 3. The molecule has 0 aromatic heterocycles. The maximum absolute atomic E-state index is 9.21. The van der Waals surface area contributed by atoms with E-state index in [9.17, 15) is 5.11 Å². The Labute approximate surface area is 79.4 Å². The summed E-state index contributed by atoms with van der Waals surface area (Å²) in [5.41, 5.74) is 0. The Morgan fingerprint density at radius 1 is 1.18 bits per heavy atom. The van der Waals surface area contributed by atoms with Crippen LogP contribution in [0.25, 0.3) is 0 Å². The minimum absolute atomic E-state index is 0.148. The summed E-state index contributed by atoms with van der Waals surface area (Å²) in [4.78, 5) is 0. The molecule has 11 heavy (non-hydrogen) atoms. The van der Waals surface area contributed by atoms with Crippen LogP contribution >= 0.6 is 34.8 Å². The lowest BCUT2D eigenvalue weighted by Crippen LogP contribution is -2.41. The Balaban J connectivity index is 2.83. The van der Waals surface area contributed by atoms with Gasteiger partial charge in [-0.05, 0) is 6.08 Å². The number of hydrogen-bond donors (Lipinski definition) is 2. The van der Waals surface area contributed by atoms with Crippen molar-refractivity contribution in [3.8, 4) is 0 Å². The Morgan fingerprint density at radius 3 is 2.27 bits per heavy atom. The Kier molecular flexibility index (Phi) is 3.06. The lowest BCUT2D eigenvalue weighted by molar-refractivity contribution is 0.149. The lowest BCUT2D eigenvalue weighted by atomic mass is 10.0. The van der Waals surface area contributed by atoms with Crippen molar-refractivity contribution in [3.05, 3.63) is 11.1 Å². The first kappa shape index (κ1) is 9.62. The van der Waals surface area contributed by atoms with E-state index in [-0.39, 0.29) is 5.03 Å². The summed E-state index contributed by atoms with van der Waals surface area (Å²) < 4.78 is 0. The van der Waals surface area contributed by atoms with Crippen molar-refractivity contribution in [3.63, 3.8) is 0 Å². The topological polar surface area (TPSA) is 40.5 Å². The molecule has 0 saturated carbocycles. The minimum atomic E-state index is -0.968. The predicted molar refractivity (Wildman–Crippen MR) is 45.2 cm³/mol. The molecule has 5 heteroatoms. The van der Waals surface area contributed by atoms with Gasteiger partial charge in [-0.15, -0.1) is 23.2 Å². The zero-order valence-electron chi connectivity index (χ0n) is 5.42. The van der Waals surface area contributed by atoms with Crippen LogP contribution in [-0.4, -0.2) is 33.2 Å². The fourth-order valence-corrected chi connectivity index (χ4v) is 1.69. The molecule has 0 saturated heterocycles. The number of aliphatic hydroxyl groups is 2. The van der Waals surface area contributed by atoms with E-state index in [1.54, 1.807) is 0 Å². The number of hydrogen-bond acceptors (Lipinski definition) is 2. The van der Waals surface area contributed by atoms with E-state index >= 15 is 0 Å². The van der Waals surface area contributed by atoms with Crippen LogP contribution in [0.3, 0.4) is 0 Å². The molecule has 2 N–H and O–H groups in total. The molecule has 4 atom stereocenters. The van der Waals surface area contributed by atoms with Crippen LogP contribution in [0.1, 0.15) is 0 Å². The van der Waals surface area contributed by atoms with Crippen LogP contribution in [0.2, 0.25) is 0 Å². The first-order valence-corrected chi connectivity index (χ1v) is 4.30. The number of rotatable bonds is 0. The summed E-state index contributed by atoms with van der Waals surface area (Å²) in [5.74, 6) is 0. The molecule has 1 aliphatic carbocycles. The molecule has 0 aliphatic heterocycles. The lowest BCUT2D eigenvalue weighted by Gasteiger charge is -2.28. The second-order valence-corrected chi connectivity index (χ2v) is 3.82. The maximum atomic E-state index is 9.21. The van der Waals surface area contributed by atoms with E-state index in [0.717, 1.165) is 0 Å². The van der Waals surface area contributed by atoms with Crippen molar-refractivity contribution in [1.29, 1.82) is 0 Å². The summed E-state index contributed by atoms with van der Waals surface area (Å²) >= 11 is 16.8. The van der Waals surface area contributed by atoms with Gasteiger partial charge in [-0.3, -0.25) is 0 Å². The van der Waals surface area contributed by atoms with Crippen molar-refractivity contribution in [2.45, 2.75) is 23.0 Å². The predicted octanol–water partition coefficient (Wildman–Crippen LogP) is 1.06. The Hall–Kier alpha value is 0.530. The maximum Gasteiger partial charge on any atom is 0.107 e. The molecular weight excluding hydrogens is 210 g/mol. The highest BCUT2D eigenvalue weighted by molar-refractivity contribution is 6.35. The number of aliphatic hydroxyl groups excluding tert-OH is 2. The highest BCUT2D eigenvalue weighted by atomic mass is 35.5. The minimum Gasteiger partial charge on any atom is -0.387 e. The fraction of sp³-hybridized carbons (Fsp3) is 0.667. The number of alkyl halides is 2. The molecule has 64 valence electrons. The van der Waals surface area contributed by atoms with Gasteiger partial charge in [-0.2, -0.15) is 0 Å². The van der Waals surface area contributed by atoms with E-state index in [0.29, 0.717) is 0 Å². The summed E-state index contributed by atoms with van der Waals surface area (Å²) in [6, 6.07) is 0. The standard InChI is InChI=1S/C6H7Cl3O2/c7-2-1-3(10)4(8)5(9)6(2)11/h1,3-6,10-11H/t3-,4-,5+,6+/m1/s1. The smallest absolute Gasteiger partial charge is 0.107 e. The van der Waals surface area contributed by atoms with Crippen molar-refractivity contribution in [1.82, 2.24) is 0 Å². The third-order valence-electron chi connectivity index (χ3n) is 1.54. The largest absolute Gasteiger partial charge is 0.387 e. The average Bonchev–Trinajstić information content (AvgIpc) is 1.97. The molecule has 2 nitrogen and oxygen atoms in total. The molecule has 0 aromatic carbocycles. The molecule has 0 heterocycles. The SMILES string of the molecule is O[C@@H]1C=C(Cl)[C@H](O)[C@@H](Cl)[C@@H]1Cl. The molecule has 0 spiro atoms. The summed E-state index contributed by atoms with van der Waals surface area (Å²) in [6.07, 6.45) is -0.553. The van der Waals surface area contributed by atoms with Gasteiger partial charge in [0, 0.05) is 5.03 Å². The molecular formula is C6H7Cl3O2. The average molecular weight is 217 g/mol. The normalized spacial score (nSPS) is 45.4. The van der Waals surface area contributed by atoms with Gasteiger partial charge in [0.15, 0.2) is 0 Å². The van der Waals surface area contributed by atoms with Crippen LogP contribution < -0.4 is 0 Å². The molecule has 0 unspecified atom stereocenters. The van der Waals surface area contributed by atoms with Crippen molar-refractivity contribution >= 4 is 34.8 Å². The molecule has 1 rings (SSSR count). The Bertz CT molecular complexity index is 183. The first-order valence-electron chi connectivity index (χ1n) is 3.05. The highest BCUT2D eigenvalue weighted by Gasteiger charge is 2.35. The molecule has 0 amide bonds. The molecule has 1 aliphatic rings. The van der Waals surface area contributed by atoms with Gasteiger partial charge < -0.3 is 10.2 Å². The zero-order valence-corrected chi connectivity index (χ0v) is 7.68. The van der Waals surface area contributed by atoms with Gasteiger partial charge in [0.05, 0.1) is 16.9 Å². The van der Waals surface area contributed by atoms with E-state index in [4.69, 9.17) is 39.9 Å². The summed E-state index contributed by atoms with van der Waals surface area (Å²) in [5, 5.41) is 17.1. The fourth-order valence-electron chi connectivity index (χ4n) is 0.868. The van der Waals surface area contributed by atoms with Gasteiger partial charge in [0.1, 0.15) is 6.10 Å². The summed E-state index contributed by atoms with van der Waals surface area (Å²) in [6.45, 7) is 0. The van der Waals surface area contributed by atoms with Crippen LogP contribution in [0.4, 0.5) is 0 Å². The van der Waals surface area contributed by atoms with Crippen LogP contribution in [0.5, 0.6) is 0 Å². The van der Waals surface area contributed by atoms with Gasteiger partial charge in [0.25, 0.3) is 0 Å². The van der Waals surface area contributed by atoms with Crippen LogP contribution in [0, 0.1) is 0 Å². The van der Waals surface area contributed by atoms with Gasteiger partial charge >= 0.3 is 0 Å². The third kappa shape index (κ3) is 1.82. The monoisotopic (exact) mass is 216 g/mol. The molecule has 0 bridgehead atoms. The quantitative estimate of drug-likeness (QED) is 0.596. The molecule has 0 radical (unpaired) electrons. The van der Waals surface area contributed by atoms with E-state index in [2.05, 4.69) is 0 Å². The zero-order chi connectivity index (χ0) is 8.59. The van der Waals surface area contributed by atoms with E-state index in [1.165, 1.54) is 6.08 Å². The van der Waals surface area contributed by atoms with E-state index < -0.39 is 23.0 Å². The summed E-state index contributed by atoms with van der Waals surface area (Å²) in [7, 11) is 0. The van der Waals surface area contributed by atoms with Crippen LogP contribution in [0.15, 0.2) is 11.1 Å². The van der Waals surface area contributed by atoms with Crippen molar-refractivity contribution in [2.24, 2.45) is 0 Å². The van der Waals surface area contributed by atoms with Gasteiger partial charge in [0.2, 0.25) is 0 Å². The molecule has 0 aromatic rings. The van der Waals surface area contributed by atoms with Gasteiger partial charge in [-0.25, -0.2) is 0 Å².